The number of anilines is 1. The number of nitrogens with one attached hydrogen (secondary N) is 2. The minimum Gasteiger partial charge on any atom is -0.496 e. The first kappa shape index (κ1) is 18.1. The summed E-state index contributed by atoms with van der Waals surface area (Å²) < 4.78 is 10.9. The van der Waals surface area contributed by atoms with E-state index in [4.69, 9.17) is 9.47 Å². The molecule has 1 aliphatic rings. The Balaban J connectivity index is 1.45. The lowest BCUT2D eigenvalue weighted by molar-refractivity contribution is 0.0953. The molecular formula is C19H24N4O3. The van der Waals surface area contributed by atoms with Gasteiger partial charge in [0.2, 0.25) is 5.95 Å². The lowest BCUT2D eigenvalue weighted by Crippen LogP contribution is -2.26. The van der Waals surface area contributed by atoms with Gasteiger partial charge in [0.1, 0.15) is 5.75 Å². The smallest absolute Gasteiger partial charge is 0.254 e. The molecule has 1 unspecified atom stereocenters. The van der Waals surface area contributed by atoms with Crippen LogP contribution < -0.4 is 15.4 Å². The van der Waals surface area contributed by atoms with Crippen molar-refractivity contribution in [2.75, 3.05) is 32.1 Å². The summed E-state index contributed by atoms with van der Waals surface area (Å²) in [5, 5.41) is 6.02. The highest BCUT2D eigenvalue weighted by atomic mass is 16.5. The Morgan fingerprint density at radius 3 is 2.85 bits per heavy atom. The average Bonchev–Trinajstić information content (AvgIpc) is 3.20. The van der Waals surface area contributed by atoms with Gasteiger partial charge in [-0.15, -0.1) is 0 Å². The maximum atomic E-state index is 12.2. The number of aromatic nitrogens is 2. The number of benzene rings is 1. The highest BCUT2D eigenvalue weighted by Gasteiger charge is 2.15. The van der Waals surface area contributed by atoms with E-state index in [9.17, 15) is 4.79 Å². The van der Waals surface area contributed by atoms with Crippen LogP contribution in [0.25, 0.3) is 0 Å². The number of carbonyl (C=O) groups excluding carboxylic acids is 1. The molecule has 2 heterocycles. The molecule has 2 aromatic rings. The molecule has 1 aliphatic heterocycles. The predicted molar refractivity (Wildman–Crippen MR) is 98.5 cm³/mol. The number of hydrogen-bond acceptors (Lipinski definition) is 6. The number of hydrogen-bond donors (Lipinski definition) is 2. The summed E-state index contributed by atoms with van der Waals surface area (Å²) >= 11 is 0. The summed E-state index contributed by atoms with van der Waals surface area (Å²) in [6.07, 6.45) is 6.13. The van der Waals surface area contributed by atoms with Crippen LogP contribution in [-0.2, 0) is 11.2 Å². The number of nitrogens with zero attached hydrogens (tertiary/aromatic N) is 2. The lowest BCUT2D eigenvalue weighted by atomic mass is 10.1. The second kappa shape index (κ2) is 9.15. The Morgan fingerprint density at radius 2 is 2.12 bits per heavy atom. The van der Waals surface area contributed by atoms with Gasteiger partial charge in [-0.3, -0.25) is 4.79 Å². The topological polar surface area (TPSA) is 85.4 Å². The van der Waals surface area contributed by atoms with E-state index in [1.54, 1.807) is 7.11 Å². The number of amides is 1. The number of rotatable bonds is 8. The third-order valence-corrected chi connectivity index (χ3v) is 4.30. The minimum atomic E-state index is -0.189. The fourth-order valence-corrected chi connectivity index (χ4v) is 2.87. The molecule has 0 radical (unpaired) electrons. The molecule has 7 nitrogen and oxygen atoms in total. The summed E-state index contributed by atoms with van der Waals surface area (Å²) in [5.74, 6) is 1.14. The zero-order valence-corrected chi connectivity index (χ0v) is 14.9. The zero-order chi connectivity index (χ0) is 18.2. The summed E-state index contributed by atoms with van der Waals surface area (Å²) in [5.41, 5.74) is 1.49. The molecule has 0 aliphatic carbocycles. The Labute approximate surface area is 153 Å². The van der Waals surface area contributed by atoms with Gasteiger partial charge in [0.15, 0.2) is 0 Å². The van der Waals surface area contributed by atoms with Crippen LogP contribution >= 0.6 is 0 Å². The van der Waals surface area contributed by atoms with Crippen LogP contribution in [0.2, 0.25) is 0 Å². The standard InChI is InChI=1S/C19H24N4O3/c1-25-17-7-3-2-5-14(17)8-9-20-18(24)15-11-21-19(22-12-15)23-13-16-6-4-10-26-16/h2-3,5,7,11-12,16H,4,6,8-10,13H2,1H3,(H,20,24)(H,21,22,23). The lowest BCUT2D eigenvalue weighted by Gasteiger charge is -2.11. The molecule has 26 heavy (non-hydrogen) atoms. The van der Waals surface area contributed by atoms with Gasteiger partial charge in [0.05, 0.1) is 18.8 Å². The highest BCUT2D eigenvalue weighted by molar-refractivity contribution is 5.93. The second-order valence-corrected chi connectivity index (χ2v) is 6.13. The molecule has 138 valence electrons. The van der Waals surface area contributed by atoms with Crippen LogP contribution in [-0.4, -0.2) is 48.8 Å². The first-order valence-electron chi connectivity index (χ1n) is 8.84. The van der Waals surface area contributed by atoms with Crippen molar-refractivity contribution in [1.82, 2.24) is 15.3 Å². The minimum absolute atomic E-state index is 0.189. The molecule has 1 fully saturated rings. The van der Waals surface area contributed by atoms with Gasteiger partial charge in [0, 0.05) is 32.1 Å². The van der Waals surface area contributed by atoms with E-state index < -0.39 is 0 Å². The Kier molecular flexibility index (Phi) is 6.38. The third-order valence-electron chi connectivity index (χ3n) is 4.30. The van der Waals surface area contributed by atoms with E-state index in [0.717, 1.165) is 30.8 Å². The molecule has 1 amide bonds. The van der Waals surface area contributed by atoms with Crippen LogP contribution in [0.15, 0.2) is 36.7 Å². The van der Waals surface area contributed by atoms with Crippen molar-refractivity contribution in [3.8, 4) is 5.75 Å². The third kappa shape index (κ3) is 4.92. The first-order valence-corrected chi connectivity index (χ1v) is 8.84. The van der Waals surface area contributed by atoms with Crippen LogP contribution in [0.3, 0.4) is 0 Å². The van der Waals surface area contributed by atoms with Gasteiger partial charge in [-0.25, -0.2) is 9.97 Å². The molecule has 2 N–H and O–H groups in total. The zero-order valence-electron chi connectivity index (χ0n) is 14.9. The van der Waals surface area contributed by atoms with Crippen LogP contribution in [0.4, 0.5) is 5.95 Å². The summed E-state index contributed by atoms with van der Waals surface area (Å²) in [7, 11) is 1.64. The van der Waals surface area contributed by atoms with Gasteiger partial charge >= 0.3 is 0 Å². The number of ether oxygens (including phenoxy) is 2. The van der Waals surface area contributed by atoms with E-state index in [1.807, 2.05) is 24.3 Å². The molecule has 0 bridgehead atoms. The maximum absolute atomic E-state index is 12.2. The second-order valence-electron chi connectivity index (χ2n) is 6.13. The molecule has 7 heteroatoms. The predicted octanol–water partition coefficient (Wildman–Crippen LogP) is 2.05. The molecule has 1 atom stereocenters. The van der Waals surface area contributed by atoms with E-state index >= 15 is 0 Å². The first-order chi connectivity index (χ1) is 12.8. The summed E-state index contributed by atoms with van der Waals surface area (Å²) in [6.45, 7) is 2.02. The van der Waals surface area contributed by atoms with Crippen molar-refractivity contribution in [1.29, 1.82) is 0 Å². The molecular weight excluding hydrogens is 332 g/mol. The molecule has 3 rings (SSSR count). The van der Waals surface area contributed by atoms with E-state index in [0.29, 0.717) is 31.0 Å². The maximum Gasteiger partial charge on any atom is 0.254 e. The monoisotopic (exact) mass is 356 g/mol. The van der Waals surface area contributed by atoms with Crippen LogP contribution in [0.5, 0.6) is 5.75 Å². The molecule has 0 spiro atoms. The van der Waals surface area contributed by atoms with Gasteiger partial charge < -0.3 is 20.1 Å². The van der Waals surface area contributed by atoms with Crippen LogP contribution in [0.1, 0.15) is 28.8 Å². The molecule has 1 aromatic heterocycles. The Morgan fingerprint density at radius 1 is 1.31 bits per heavy atom. The largest absolute Gasteiger partial charge is 0.496 e. The average molecular weight is 356 g/mol. The van der Waals surface area contributed by atoms with Crippen molar-refractivity contribution in [3.05, 3.63) is 47.8 Å². The number of methoxy groups -OCH3 is 1. The quantitative estimate of drug-likeness (QED) is 0.753. The van der Waals surface area contributed by atoms with Crippen molar-refractivity contribution in [2.24, 2.45) is 0 Å². The van der Waals surface area contributed by atoms with Crippen molar-refractivity contribution in [2.45, 2.75) is 25.4 Å². The number of para-hydroxylation sites is 1. The van der Waals surface area contributed by atoms with Crippen LogP contribution in [0, 0.1) is 0 Å². The van der Waals surface area contributed by atoms with E-state index in [1.165, 1.54) is 12.4 Å². The Bertz CT molecular complexity index is 715. The van der Waals surface area contributed by atoms with Gasteiger partial charge in [-0.2, -0.15) is 0 Å². The van der Waals surface area contributed by atoms with E-state index in [-0.39, 0.29) is 12.0 Å². The fraction of sp³-hybridized carbons (Fsp3) is 0.421. The van der Waals surface area contributed by atoms with Crippen molar-refractivity contribution in [3.63, 3.8) is 0 Å². The molecule has 1 aromatic carbocycles. The van der Waals surface area contributed by atoms with Crippen molar-refractivity contribution < 1.29 is 14.3 Å². The molecule has 1 saturated heterocycles. The van der Waals surface area contributed by atoms with E-state index in [2.05, 4.69) is 20.6 Å². The fourth-order valence-electron chi connectivity index (χ4n) is 2.87. The Hall–Kier alpha value is -2.67. The summed E-state index contributed by atoms with van der Waals surface area (Å²) in [4.78, 5) is 20.6. The number of carbonyl (C=O) groups is 1. The highest BCUT2D eigenvalue weighted by Crippen LogP contribution is 2.17. The molecule has 0 saturated carbocycles. The van der Waals surface area contributed by atoms with Crippen molar-refractivity contribution >= 4 is 11.9 Å². The SMILES string of the molecule is COc1ccccc1CCNC(=O)c1cnc(NCC2CCCO2)nc1. The van der Waals surface area contributed by atoms with Gasteiger partial charge in [0.25, 0.3) is 5.91 Å². The van der Waals surface area contributed by atoms with Gasteiger partial charge in [-0.05, 0) is 30.9 Å². The summed E-state index contributed by atoms with van der Waals surface area (Å²) in [6, 6.07) is 7.78. The van der Waals surface area contributed by atoms with Gasteiger partial charge in [-0.1, -0.05) is 18.2 Å². The normalized spacial score (nSPS) is 16.3.